The molecule has 2 amide bonds. The van der Waals surface area contributed by atoms with Crippen molar-refractivity contribution in [2.45, 2.75) is 38.8 Å². The number of piperidine rings is 1. The van der Waals surface area contributed by atoms with Gasteiger partial charge in [-0.15, -0.1) is 0 Å². The number of ether oxygens (including phenoxy) is 1. The molecule has 2 aromatic heterocycles. The summed E-state index contributed by atoms with van der Waals surface area (Å²) in [5.74, 6) is 2.52. The first-order chi connectivity index (χ1) is 13.7. The summed E-state index contributed by atoms with van der Waals surface area (Å²) in [6.07, 6.45) is 4.41. The Morgan fingerprint density at radius 1 is 1.29 bits per heavy atom. The van der Waals surface area contributed by atoms with E-state index in [1.54, 1.807) is 18.1 Å². The summed E-state index contributed by atoms with van der Waals surface area (Å²) < 4.78 is 16.2. The van der Waals surface area contributed by atoms with Crippen molar-refractivity contribution >= 4 is 11.7 Å². The van der Waals surface area contributed by atoms with E-state index in [0.717, 1.165) is 25.0 Å². The quantitative estimate of drug-likeness (QED) is 0.707. The van der Waals surface area contributed by atoms with E-state index in [2.05, 4.69) is 15.5 Å². The van der Waals surface area contributed by atoms with Crippen LogP contribution < -0.4 is 10.1 Å². The molecule has 4 rings (SSSR count). The number of benzene rings is 1. The van der Waals surface area contributed by atoms with E-state index in [-0.39, 0.29) is 12.1 Å². The van der Waals surface area contributed by atoms with Gasteiger partial charge in [-0.05, 0) is 62.6 Å². The number of rotatable bonds is 5. The van der Waals surface area contributed by atoms with Gasteiger partial charge in [0.25, 0.3) is 0 Å². The van der Waals surface area contributed by atoms with Crippen molar-refractivity contribution in [2.75, 3.05) is 11.9 Å². The van der Waals surface area contributed by atoms with Crippen molar-refractivity contribution in [3.8, 4) is 5.75 Å². The van der Waals surface area contributed by atoms with Gasteiger partial charge in [-0.25, -0.2) is 4.79 Å². The molecule has 8 heteroatoms. The smallest absolute Gasteiger partial charge is 0.322 e. The molecule has 0 saturated carbocycles. The molecule has 1 fully saturated rings. The van der Waals surface area contributed by atoms with E-state index in [0.29, 0.717) is 36.3 Å². The lowest BCUT2D eigenvalue weighted by Crippen LogP contribution is -2.41. The van der Waals surface area contributed by atoms with Crippen molar-refractivity contribution in [3.05, 3.63) is 60.1 Å². The lowest BCUT2D eigenvalue weighted by atomic mass is 10.0. The summed E-state index contributed by atoms with van der Waals surface area (Å²) in [5.41, 5.74) is 0.696. The highest BCUT2D eigenvalue weighted by Crippen LogP contribution is 2.30. The van der Waals surface area contributed by atoms with Crippen molar-refractivity contribution in [2.24, 2.45) is 0 Å². The van der Waals surface area contributed by atoms with Gasteiger partial charge in [0, 0.05) is 12.2 Å². The molecular formula is C20H22N4O4. The van der Waals surface area contributed by atoms with E-state index < -0.39 is 0 Å². The maximum absolute atomic E-state index is 12.8. The Morgan fingerprint density at radius 3 is 2.86 bits per heavy atom. The summed E-state index contributed by atoms with van der Waals surface area (Å²) in [6.45, 7) is 2.79. The summed E-state index contributed by atoms with van der Waals surface area (Å²) in [5, 5.41) is 6.79. The molecule has 1 atom stereocenters. The Labute approximate surface area is 162 Å². The topological polar surface area (TPSA) is 93.6 Å². The van der Waals surface area contributed by atoms with Crippen LogP contribution in [-0.2, 0) is 6.61 Å². The molecule has 1 aliphatic heterocycles. The van der Waals surface area contributed by atoms with E-state index in [9.17, 15) is 4.79 Å². The van der Waals surface area contributed by atoms with Crippen LogP contribution in [0.2, 0.25) is 0 Å². The van der Waals surface area contributed by atoms with Crippen molar-refractivity contribution < 1.29 is 18.5 Å². The second kappa shape index (κ2) is 8.16. The Kier molecular flexibility index (Phi) is 5.27. The fraction of sp³-hybridized carbons (Fsp3) is 0.350. The molecule has 3 heterocycles. The van der Waals surface area contributed by atoms with Gasteiger partial charge < -0.3 is 23.9 Å². The first-order valence-corrected chi connectivity index (χ1v) is 9.32. The number of hydrogen-bond acceptors (Lipinski definition) is 6. The first-order valence-electron chi connectivity index (χ1n) is 9.32. The molecule has 0 spiro atoms. The van der Waals surface area contributed by atoms with Gasteiger partial charge in [-0.2, -0.15) is 4.98 Å². The van der Waals surface area contributed by atoms with Gasteiger partial charge in [-0.1, -0.05) is 5.16 Å². The molecule has 1 aromatic carbocycles. The zero-order valence-electron chi connectivity index (χ0n) is 15.6. The molecular weight excluding hydrogens is 360 g/mol. The maximum atomic E-state index is 12.8. The van der Waals surface area contributed by atoms with Crippen LogP contribution in [0.15, 0.2) is 51.6 Å². The number of nitrogens with zero attached hydrogens (tertiary/aromatic N) is 3. The standard InChI is InChI=1S/C20H22N4O4/c1-14-21-19(28-23-14)18-6-2-3-11-24(18)20(25)22-15-7-9-16(10-8-15)27-13-17-5-4-12-26-17/h4-5,7-10,12,18H,2-3,6,11,13H2,1H3,(H,22,25)/t18-/m0/s1. The number of amides is 2. The third-order valence-corrected chi connectivity index (χ3v) is 4.66. The minimum absolute atomic E-state index is 0.176. The molecule has 1 saturated heterocycles. The van der Waals surface area contributed by atoms with E-state index in [4.69, 9.17) is 13.7 Å². The Bertz CT molecular complexity index is 905. The Morgan fingerprint density at radius 2 is 2.14 bits per heavy atom. The molecule has 3 aromatic rings. The van der Waals surface area contributed by atoms with Crippen LogP contribution in [0.1, 0.15) is 42.8 Å². The SMILES string of the molecule is Cc1noc([C@@H]2CCCCN2C(=O)Nc2ccc(OCc3ccco3)cc2)n1. The highest BCUT2D eigenvalue weighted by Gasteiger charge is 2.32. The average molecular weight is 382 g/mol. The highest BCUT2D eigenvalue weighted by atomic mass is 16.5. The molecule has 0 aliphatic carbocycles. The summed E-state index contributed by atoms with van der Waals surface area (Å²) in [7, 11) is 0. The normalized spacial score (nSPS) is 16.8. The van der Waals surface area contributed by atoms with Gasteiger partial charge in [0.1, 0.15) is 24.2 Å². The van der Waals surface area contributed by atoms with Crippen LogP contribution >= 0.6 is 0 Å². The maximum Gasteiger partial charge on any atom is 0.322 e. The predicted molar refractivity (Wildman–Crippen MR) is 101 cm³/mol. The number of aryl methyl sites for hydroxylation is 1. The van der Waals surface area contributed by atoms with Crippen LogP contribution in [0.4, 0.5) is 10.5 Å². The lowest BCUT2D eigenvalue weighted by molar-refractivity contribution is 0.142. The number of likely N-dealkylation sites (tertiary alicyclic amines) is 1. The number of anilines is 1. The third kappa shape index (κ3) is 4.16. The minimum atomic E-state index is -0.189. The zero-order valence-corrected chi connectivity index (χ0v) is 15.6. The van der Waals surface area contributed by atoms with Crippen LogP contribution in [0.3, 0.4) is 0 Å². The van der Waals surface area contributed by atoms with Crippen LogP contribution in [0, 0.1) is 6.92 Å². The number of carbonyl (C=O) groups excluding carboxylic acids is 1. The van der Waals surface area contributed by atoms with Gasteiger partial charge in [0.05, 0.1) is 6.26 Å². The fourth-order valence-corrected chi connectivity index (χ4v) is 3.26. The number of urea groups is 1. The van der Waals surface area contributed by atoms with Crippen molar-refractivity contribution in [3.63, 3.8) is 0 Å². The van der Waals surface area contributed by atoms with E-state index in [1.807, 2.05) is 36.4 Å². The Balaban J connectivity index is 1.38. The zero-order chi connectivity index (χ0) is 19.3. The molecule has 146 valence electrons. The second-order valence-electron chi connectivity index (χ2n) is 6.71. The van der Waals surface area contributed by atoms with Gasteiger partial charge in [0.15, 0.2) is 5.82 Å². The van der Waals surface area contributed by atoms with Gasteiger partial charge >= 0.3 is 6.03 Å². The predicted octanol–water partition coefficient (Wildman–Crippen LogP) is 4.31. The average Bonchev–Trinajstić information content (AvgIpc) is 3.39. The van der Waals surface area contributed by atoms with Crippen LogP contribution in [0.5, 0.6) is 5.75 Å². The molecule has 1 N–H and O–H groups in total. The van der Waals surface area contributed by atoms with Crippen LogP contribution in [-0.4, -0.2) is 27.6 Å². The van der Waals surface area contributed by atoms with E-state index in [1.165, 1.54) is 0 Å². The van der Waals surface area contributed by atoms with Crippen molar-refractivity contribution in [1.29, 1.82) is 0 Å². The highest BCUT2D eigenvalue weighted by molar-refractivity contribution is 5.89. The molecule has 0 bridgehead atoms. The molecule has 0 radical (unpaired) electrons. The van der Waals surface area contributed by atoms with Gasteiger partial charge in [0.2, 0.25) is 5.89 Å². The Hall–Kier alpha value is -3.29. The fourth-order valence-electron chi connectivity index (χ4n) is 3.26. The third-order valence-electron chi connectivity index (χ3n) is 4.66. The molecule has 28 heavy (non-hydrogen) atoms. The first kappa shape index (κ1) is 18.1. The lowest BCUT2D eigenvalue weighted by Gasteiger charge is -2.33. The number of aromatic nitrogens is 2. The monoisotopic (exact) mass is 382 g/mol. The summed E-state index contributed by atoms with van der Waals surface area (Å²) in [4.78, 5) is 18.9. The number of nitrogens with one attached hydrogen (secondary N) is 1. The van der Waals surface area contributed by atoms with Crippen molar-refractivity contribution in [1.82, 2.24) is 15.0 Å². The number of hydrogen-bond donors (Lipinski definition) is 1. The van der Waals surface area contributed by atoms with Crippen LogP contribution in [0.25, 0.3) is 0 Å². The molecule has 8 nitrogen and oxygen atoms in total. The summed E-state index contributed by atoms with van der Waals surface area (Å²) >= 11 is 0. The molecule has 1 aliphatic rings. The number of furan rings is 1. The molecule has 0 unspecified atom stereocenters. The number of carbonyl (C=O) groups is 1. The second-order valence-corrected chi connectivity index (χ2v) is 6.71. The van der Waals surface area contributed by atoms with E-state index >= 15 is 0 Å². The van der Waals surface area contributed by atoms with Gasteiger partial charge in [-0.3, -0.25) is 0 Å². The minimum Gasteiger partial charge on any atom is -0.486 e. The largest absolute Gasteiger partial charge is 0.486 e. The summed E-state index contributed by atoms with van der Waals surface area (Å²) in [6, 6.07) is 10.6.